The molecule has 1 rings (SSSR count). The molecular weight excluding hydrogens is 198 g/mol. The Kier molecular flexibility index (Phi) is 3.27. The van der Waals surface area contributed by atoms with Gasteiger partial charge in [0, 0.05) is 13.2 Å². The van der Waals surface area contributed by atoms with E-state index in [0.29, 0.717) is 11.4 Å². The monoisotopic (exact) mass is 211 g/mol. The molecule has 0 fully saturated rings. The third kappa shape index (κ3) is 2.97. The molecule has 0 saturated carbocycles. The van der Waals surface area contributed by atoms with Crippen LogP contribution in [0.15, 0.2) is 11.4 Å². The smallest absolute Gasteiger partial charge is 0.232 e. The summed E-state index contributed by atoms with van der Waals surface area (Å²) in [5.74, 6) is -0.476. The van der Waals surface area contributed by atoms with E-state index >= 15 is 0 Å². The van der Waals surface area contributed by atoms with E-state index in [1.807, 2.05) is 0 Å². The average Bonchev–Trinajstić information content (AvgIpc) is 2.44. The first-order chi connectivity index (χ1) is 7.02. The Labute approximate surface area is 86.6 Å². The zero-order valence-corrected chi connectivity index (χ0v) is 8.56. The second-order valence-corrected chi connectivity index (χ2v) is 3.12. The summed E-state index contributed by atoms with van der Waals surface area (Å²) in [5.41, 5.74) is 6.52. The summed E-state index contributed by atoms with van der Waals surface area (Å²) in [6.45, 7) is 1.78. The number of hydrogen-bond donors (Lipinski definition) is 3. The molecule has 7 nitrogen and oxygen atoms in total. The summed E-state index contributed by atoms with van der Waals surface area (Å²) in [6.07, 6.45) is 1.53. The third-order valence-corrected chi connectivity index (χ3v) is 1.76. The number of amides is 1. The molecule has 1 amide bonds. The van der Waals surface area contributed by atoms with Gasteiger partial charge in [-0.2, -0.15) is 5.10 Å². The molecule has 15 heavy (non-hydrogen) atoms. The lowest BCUT2D eigenvalue weighted by Gasteiger charge is -2.01. The minimum atomic E-state index is -0.346. The zero-order chi connectivity index (χ0) is 11.4. The Balaban J connectivity index is 2.63. The predicted molar refractivity (Wildman–Crippen MR) is 54.6 cm³/mol. The van der Waals surface area contributed by atoms with Crippen LogP contribution < -0.4 is 11.1 Å². The van der Waals surface area contributed by atoms with Gasteiger partial charge in [-0.1, -0.05) is 5.16 Å². The maximum absolute atomic E-state index is 11.3. The molecule has 0 unspecified atom stereocenters. The Morgan fingerprint density at radius 2 is 2.47 bits per heavy atom. The standard InChI is InChI=1S/C8H13N5O2/c1-5-6(4-13(2)11-5)10-8(14)3-7(9)12-15/h4,15H,3H2,1-2H3,(H2,9,12)(H,10,14). The van der Waals surface area contributed by atoms with Crippen LogP contribution in [0.25, 0.3) is 0 Å². The topological polar surface area (TPSA) is 106 Å². The number of nitrogens with zero attached hydrogens (tertiary/aromatic N) is 3. The number of carbonyl (C=O) groups is 1. The number of amidine groups is 1. The lowest BCUT2D eigenvalue weighted by atomic mass is 10.3. The maximum Gasteiger partial charge on any atom is 0.232 e. The fourth-order valence-corrected chi connectivity index (χ4v) is 1.12. The van der Waals surface area contributed by atoms with Crippen molar-refractivity contribution >= 4 is 17.4 Å². The fourth-order valence-electron chi connectivity index (χ4n) is 1.12. The molecule has 0 aliphatic rings. The van der Waals surface area contributed by atoms with E-state index in [4.69, 9.17) is 10.9 Å². The molecule has 1 aromatic rings. The Bertz CT molecular complexity index is 396. The first-order valence-corrected chi connectivity index (χ1v) is 4.29. The highest BCUT2D eigenvalue weighted by Gasteiger charge is 2.09. The van der Waals surface area contributed by atoms with Crippen molar-refractivity contribution in [3.63, 3.8) is 0 Å². The van der Waals surface area contributed by atoms with Crippen LogP contribution in [-0.4, -0.2) is 26.7 Å². The number of aryl methyl sites for hydroxylation is 2. The second kappa shape index (κ2) is 4.45. The molecule has 0 aromatic carbocycles. The molecule has 0 spiro atoms. The van der Waals surface area contributed by atoms with Gasteiger partial charge >= 0.3 is 0 Å². The number of nitrogens with one attached hydrogen (secondary N) is 1. The van der Waals surface area contributed by atoms with Crippen molar-refractivity contribution in [3.05, 3.63) is 11.9 Å². The minimum Gasteiger partial charge on any atom is -0.409 e. The van der Waals surface area contributed by atoms with E-state index in [-0.39, 0.29) is 18.2 Å². The molecule has 0 radical (unpaired) electrons. The molecule has 7 heteroatoms. The normalized spacial score (nSPS) is 11.5. The van der Waals surface area contributed by atoms with E-state index in [2.05, 4.69) is 15.6 Å². The number of rotatable bonds is 3. The Hall–Kier alpha value is -2.05. The van der Waals surface area contributed by atoms with Gasteiger partial charge in [-0.15, -0.1) is 0 Å². The molecule has 0 bridgehead atoms. The van der Waals surface area contributed by atoms with Crippen molar-refractivity contribution in [1.29, 1.82) is 0 Å². The minimum absolute atomic E-state index is 0.131. The van der Waals surface area contributed by atoms with Crippen molar-refractivity contribution in [1.82, 2.24) is 9.78 Å². The highest BCUT2D eigenvalue weighted by molar-refractivity contribution is 6.04. The van der Waals surface area contributed by atoms with Gasteiger partial charge in [-0.05, 0) is 6.92 Å². The number of hydrogen-bond acceptors (Lipinski definition) is 4. The van der Waals surface area contributed by atoms with E-state index < -0.39 is 0 Å². The number of oxime groups is 1. The summed E-state index contributed by atoms with van der Waals surface area (Å²) in [7, 11) is 1.76. The molecule has 0 aliphatic heterocycles. The number of nitrogens with two attached hydrogens (primary N) is 1. The van der Waals surface area contributed by atoms with Gasteiger partial charge in [0.1, 0.15) is 5.84 Å². The largest absolute Gasteiger partial charge is 0.409 e. The van der Waals surface area contributed by atoms with Crippen LogP contribution in [0.2, 0.25) is 0 Å². The Morgan fingerprint density at radius 3 is 2.93 bits per heavy atom. The van der Waals surface area contributed by atoms with Gasteiger partial charge < -0.3 is 16.3 Å². The van der Waals surface area contributed by atoms with Crippen LogP contribution in [0.1, 0.15) is 12.1 Å². The number of anilines is 1. The Morgan fingerprint density at radius 1 is 1.80 bits per heavy atom. The quantitative estimate of drug-likeness (QED) is 0.278. The van der Waals surface area contributed by atoms with E-state index in [1.54, 1.807) is 24.9 Å². The SMILES string of the molecule is Cc1nn(C)cc1NC(=O)C/C(N)=N/O. The van der Waals surface area contributed by atoms with Crippen molar-refractivity contribution in [2.45, 2.75) is 13.3 Å². The highest BCUT2D eigenvalue weighted by Crippen LogP contribution is 2.11. The number of aromatic nitrogens is 2. The first kappa shape index (κ1) is 11.0. The van der Waals surface area contributed by atoms with Crippen molar-refractivity contribution in [3.8, 4) is 0 Å². The van der Waals surface area contributed by atoms with Gasteiger partial charge in [0.2, 0.25) is 5.91 Å². The maximum atomic E-state index is 11.3. The van der Waals surface area contributed by atoms with Gasteiger partial charge in [0.05, 0.1) is 17.8 Å². The summed E-state index contributed by atoms with van der Waals surface area (Å²) in [4.78, 5) is 11.3. The van der Waals surface area contributed by atoms with Crippen LogP contribution in [0.4, 0.5) is 5.69 Å². The van der Waals surface area contributed by atoms with Crippen LogP contribution in [-0.2, 0) is 11.8 Å². The van der Waals surface area contributed by atoms with E-state index in [9.17, 15) is 4.79 Å². The summed E-state index contributed by atoms with van der Waals surface area (Å²) in [5, 5.41) is 17.6. The molecule has 4 N–H and O–H groups in total. The molecule has 0 atom stereocenters. The number of carbonyl (C=O) groups excluding carboxylic acids is 1. The summed E-state index contributed by atoms with van der Waals surface area (Å²) in [6, 6.07) is 0. The van der Waals surface area contributed by atoms with Gasteiger partial charge in [-0.25, -0.2) is 0 Å². The molecule has 1 heterocycles. The van der Waals surface area contributed by atoms with Crippen LogP contribution in [0.3, 0.4) is 0 Å². The van der Waals surface area contributed by atoms with Crippen molar-refractivity contribution < 1.29 is 10.0 Å². The highest BCUT2D eigenvalue weighted by atomic mass is 16.4. The lowest BCUT2D eigenvalue weighted by Crippen LogP contribution is -2.22. The second-order valence-electron chi connectivity index (χ2n) is 3.12. The van der Waals surface area contributed by atoms with Gasteiger partial charge in [-0.3, -0.25) is 9.48 Å². The summed E-state index contributed by atoms with van der Waals surface area (Å²) >= 11 is 0. The molecule has 82 valence electrons. The lowest BCUT2D eigenvalue weighted by molar-refractivity contribution is -0.115. The van der Waals surface area contributed by atoms with Gasteiger partial charge in [0.15, 0.2) is 0 Å². The van der Waals surface area contributed by atoms with Crippen LogP contribution >= 0.6 is 0 Å². The van der Waals surface area contributed by atoms with Crippen LogP contribution in [0, 0.1) is 6.92 Å². The average molecular weight is 211 g/mol. The third-order valence-electron chi connectivity index (χ3n) is 1.76. The molecule has 0 aliphatic carbocycles. The van der Waals surface area contributed by atoms with E-state index in [0.717, 1.165) is 0 Å². The van der Waals surface area contributed by atoms with Gasteiger partial charge in [0.25, 0.3) is 0 Å². The predicted octanol–water partition coefficient (Wildman–Crippen LogP) is -0.196. The molecular formula is C8H13N5O2. The van der Waals surface area contributed by atoms with Crippen LogP contribution in [0.5, 0.6) is 0 Å². The molecule has 0 saturated heterocycles. The zero-order valence-electron chi connectivity index (χ0n) is 8.56. The van der Waals surface area contributed by atoms with Crippen molar-refractivity contribution in [2.24, 2.45) is 17.9 Å². The van der Waals surface area contributed by atoms with E-state index in [1.165, 1.54) is 0 Å². The molecule has 1 aromatic heterocycles. The fraction of sp³-hybridized carbons (Fsp3) is 0.375. The van der Waals surface area contributed by atoms with Crippen molar-refractivity contribution in [2.75, 3.05) is 5.32 Å². The summed E-state index contributed by atoms with van der Waals surface area (Å²) < 4.78 is 1.59. The first-order valence-electron chi connectivity index (χ1n) is 4.29.